The summed E-state index contributed by atoms with van der Waals surface area (Å²) in [6.07, 6.45) is 0.919. The smallest absolute Gasteiger partial charge is 0.328 e. The Morgan fingerprint density at radius 3 is 2.52 bits per heavy atom. The molecule has 1 amide bonds. The van der Waals surface area contributed by atoms with E-state index in [9.17, 15) is 9.59 Å². The van der Waals surface area contributed by atoms with Gasteiger partial charge >= 0.3 is 5.97 Å². The van der Waals surface area contributed by atoms with Crippen LogP contribution >= 0.6 is 0 Å². The highest BCUT2D eigenvalue weighted by atomic mass is 16.5. The Bertz CT molecular complexity index is 979. The van der Waals surface area contributed by atoms with E-state index >= 15 is 0 Å². The van der Waals surface area contributed by atoms with E-state index in [1.807, 2.05) is 24.3 Å². The van der Waals surface area contributed by atoms with Gasteiger partial charge in [-0.2, -0.15) is 0 Å². The van der Waals surface area contributed by atoms with Crippen molar-refractivity contribution >= 4 is 33.4 Å². The van der Waals surface area contributed by atoms with Crippen molar-refractivity contribution in [1.82, 2.24) is 4.90 Å². The van der Waals surface area contributed by atoms with Gasteiger partial charge in [-0.05, 0) is 39.6 Å². The lowest BCUT2D eigenvalue weighted by molar-refractivity contribution is -0.149. The van der Waals surface area contributed by atoms with Gasteiger partial charge in [-0.25, -0.2) is 4.79 Å². The standard InChI is InChI=1S/C21H19NO3/c1-25-21(24)19-10-11-20(23)22(19)13-15-12-14-6-2-3-7-16(14)18-9-5-4-8-17(15)18/h2-9,12,19H,10-11,13H2,1H3. The van der Waals surface area contributed by atoms with E-state index in [-0.39, 0.29) is 11.9 Å². The average Bonchev–Trinajstić information content (AvgIpc) is 3.02. The first-order valence-electron chi connectivity index (χ1n) is 8.45. The molecule has 0 radical (unpaired) electrons. The molecule has 1 aliphatic rings. The number of hydrogen-bond acceptors (Lipinski definition) is 3. The summed E-state index contributed by atoms with van der Waals surface area (Å²) in [6.45, 7) is 0.421. The second-order valence-electron chi connectivity index (χ2n) is 6.40. The van der Waals surface area contributed by atoms with Crippen molar-refractivity contribution in [3.63, 3.8) is 0 Å². The predicted octanol–water partition coefficient (Wildman–Crippen LogP) is 3.66. The van der Waals surface area contributed by atoms with E-state index in [0.29, 0.717) is 19.4 Å². The lowest BCUT2D eigenvalue weighted by Gasteiger charge is -2.24. The molecule has 1 atom stereocenters. The molecule has 0 spiro atoms. The minimum Gasteiger partial charge on any atom is -0.467 e. The third-order valence-electron chi connectivity index (χ3n) is 5.00. The Hall–Kier alpha value is -2.88. The number of fused-ring (bicyclic) bond motifs is 3. The van der Waals surface area contributed by atoms with Crippen molar-refractivity contribution in [2.75, 3.05) is 7.11 Å². The van der Waals surface area contributed by atoms with E-state index in [1.54, 1.807) is 4.90 Å². The Labute approximate surface area is 146 Å². The lowest BCUT2D eigenvalue weighted by Crippen LogP contribution is -2.38. The molecule has 4 heteroatoms. The second kappa shape index (κ2) is 6.20. The maximum absolute atomic E-state index is 12.3. The fourth-order valence-electron chi connectivity index (χ4n) is 3.76. The summed E-state index contributed by atoms with van der Waals surface area (Å²) in [5.74, 6) is -0.330. The van der Waals surface area contributed by atoms with Gasteiger partial charge in [0.1, 0.15) is 6.04 Å². The van der Waals surface area contributed by atoms with Crippen LogP contribution < -0.4 is 0 Å². The zero-order chi connectivity index (χ0) is 17.4. The molecule has 3 aromatic rings. The van der Waals surface area contributed by atoms with Crippen LogP contribution in [0.5, 0.6) is 0 Å². The summed E-state index contributed by atoms with van der Waals surface area (Å²) in [5.41, 5.74) is 1.05. The topological polar surface area (TPSA) is 46.6 Å². The van der Waals surface area contributed by atoms with Crippen LogP contribution in [0.15, 0.2) is 54.6 Å². The largest absolute Gasteiger partial charge is 0.467 e. The van der Waals surface area contributed by atoms with Gasteiger partial charge in [0.2, 0.25) is 5.91 Å². The van der Waals surface area contributed by atoms with Gasteiger partial charge in [-0.15, -0.1) is 0 Å². The Morgan fingerprint density at radius 2 is 1.76 bits per heavy atom. The molecule has 0 aromatic heterocycles. The van der Waals surface area contributed by atoms with E-state index in [2.05, 4.69) is 30.3 Å². The van der Waals surface area contributed by atoms with Crippen LogP contribution in [0.25, 0.3) is 21.5 Å². The van der Waals surface area contributed by atoms with E-state index in [4.69, 9.17) is 4.74 Å². The van der Waals surface area contributed by atoms with Gasteiger partial charge in [0, 0.05) is 13.0 Å². The summed E-state index contributed by atoms with van der Waals surface area (Å²) >= 11 is 0. The molecule has 25 heavy (non-hydrogen) atoms. The SMILES string of the molecule is COC(=O)C1CCC(=O)N1Cc1cc2ccccc2c2ccccc12. The summed E-state index contributed by atoms with van der Waals surface area (Å²) in [5, 5.41) is 4.61. The molecule has 0 saturated carbocycles. The average molecular weight is 333 g/mol. The number of carbonyl (C=O) groups is 2. The fourth-order valence-corrected chi connectivity index (χ4v) is 3.76. The first kappa shape index (κ1) is 15.6. The third-order valence-corrected chi connectivity index (χ3v) is 5.00. The molecule has 0 N–H and O–H groups in total. The molecule has 4 rings (SSSR count). The van der Waals surface area contributed by atoms with Crippen LogP contribution in [-0.4, -0.2) is 29.9 Å². The number of benzene rings is 3. The van der Waals surface area contributed by atoms with E-state index in [0.717, 1.165) is 21.7 Å². The molecule has 1 fully saturated rings. The Balaban J connectivity index is 1.83. The maximum Gasteiger partial charge on any atom is 0.328 e. The van der Waals surface area contributed by atoms with Gasteiger partial charge in [0.15, 0.2) is 0 Å². The fraction of sp³-hybridized carbons (Fsp3) is 0.238. The number of ether oxygens (including phenoxy) is 1. The summed E-state index contributed by atoms with van der Waals surface area (Å²) in [6, 6.07) is 18.1. The molecule has 1 unspecified atom stereocenters. The molecule has 3 aromatic carbocycles. The quantitative estimate of drug-likeness (QED) is 0.543. The summed E-state index contributed by atoms with van der Waals surface area (Å²) in [4.78, 5) is 26.0. The van der Waals surface area contributed by atoms with Crippen molar-refractivity contribution < 1.29 is 14.3 Å². The number of methoxy groups -OCH3 is 1. The molecule has 4 nitrogen and oxygen atoms in total. The van der Waals surface area contributed by atoms with Crippen LogP contribution in [0.4, 0.5) is 0 Å². The number of likely N-dealkylation sites (tertiary alicyclic amines) is 1. The number of hydrogen-bond donors (Lipinski definition) is 0. The number of esters is 1. The van der Waals surface area contributed by atoms with Gasteiger partial charge in [0.05, 0.1) is 7.11 Å². The van der Waals surface area contributed by atoms with Crippen LogP contribution in [0.3, 0.4) is 0 Å². The predicted molar refractivity (Wildman–Crippen MR) is 97.0 cm³/mol. The van der Waals surface area contributed by atoms with Crippen LogP contribution in [0.2, 0.25) is 0 Å². The molecule has 1 saturated heterocycles. The van der Waals surface area contributed by atoms with Crippen LogP contribution in [-0.2, 0) is 20.9 Å². The highest BCUT2D eigenvalue weighted by Gasteiger charge is 2.36. The number of rotatable bonds is 3. The Morgan fingerprint density at radius 1 is 1.08 bits per heavy atom. The first-order valence-corrected chi connectivity index (χ1v) is 8.45. The normalized spacial score (nSPS) is 17.4. The molecule has 0 aliphatic carbocycles. The zero-order valence-electron chi connectivity index (χ0n) is 14.1. The highest BCUT2D eigenvalue weighted by molar-refractivity contribution is 6.09. The molecule has 1 aliphatic heterocycles. The Kier molecular flexibility index (Phi) is 3.88. The third kappa shape index (κ3) is 2.64. The van der Waals surface area contributed by atoms with Crippen LogP contribution in [0, 0.1) is 0 Å². The van der Waals surface area contributed by atoms with E-state index in [1.165, 1.54) is 12.5 Å². The van der Waals surface area contributed by atoms with Crippen molar-refractivity contribution in [2.45, 2.75) is 25.4 Å². The number of nitrogens with zero attached hydrogens (tertiary/aromatic N) is 1. The highest BCUT2D eigenvalue weighted by Crippen LogP contribution is 2.31. The number of amides is 1. The minimum absolute atomic E-state index is 0.00707. The van der Waals surface area contributed by atoms with Crippen molar-refractivity contribution in [3.8, 4) is 0 Å². The first-order chi connectivity index (χ1) is 12.2. The second-order valence-corrected chi connectivity index (χ2v) is 6.40. The van der Waals surface area contributed by atoms with Crippen molar-refractivity contribution in [3.05, 3.63) is 60.2 Å². The molecule has 1 heterocycles. The minimum atomic E-state index is -0.484. The summed E-state index contributed by atoms with van der Waals surface area (Å²) in [7, 11) is 1.37. The van der Waals surface area contributed by atoms with Gasteiger partial charge < -0.3 is 9.64 Å². The van der Waals surface area contributed by atoms with Crippen LogP contribution in [0.1, 0.15) is 18.4 Å². The maximum atomic E-state index is 12.3. The van der Waals surface area contributed by atoms with Crippen molar-refractivity contribution in [2.24, 2.45) is 0 Å². The van der Waals surface area contributed by atoms with Gasteiger partial charge in [-0.1, -0.05) is 48.5 Å². The van der Waals surface area contributed by atoms with Gasteiger partial charge in [-0.3, -0.25) is 4.79 Å². The lowest BCUT2D eigenvalue weighted by atomic mass is 9.97. The summed E-state index contributed by atoms with van der Waals surface area (Å²) < 4.78 is 4.88. The van der Waals surface area contributed by atoms with Gasteiger partial charge in [0.25, 0.3) is 0 Å². The molecule has 126 valence electrons. The molecular weight excluding hydrogens is 314 g/mol. The zero-order valence-corrected chi connectivity index (χ0v) is 14.1. The number of carbonyl (C=O) groups excluding carboxylic acids is 2. The molecule has 0 bridgehead atoms. The monoisotopic (exact) mass is 333 g/mol. The molecular formula is C21H19NO3. The van der Waals surface area contributed by atoms with E-state index < -0.39 is 6.04 Å². The van der Waals surface area contributed by atoms with Crippen molar-refractivity contribution in [1.29, 1.82) is 0 Å².